The first-order chi connectivity index (χ1) is 7.30. The van der Waals surface area contributed by atoms with Crippen LogP contribution in [0.1, 0.15) is 24.6 Å². The van der Waals surface area contributed by atoms with Crippen molar-refractivity contribution in [3.8, 4) is 0 Å². The zero-order chi connectivity index (χ0) is 12.3. The minimum Gasteiger partial charge on any atom is -0.444 e. The third-order valence-corrected chi connectivity index (χ3v) is 3.43. The van der Waals surface area contributed by atoms with Gasteiger partial charge in [-0.15, -0.1) is 0 Å². The second-order valence-corrected chi connectivity index (χ2v) is 5.65. The number of aromatic nitrogens is 1. The molecule has 0 aromatic carbocycles. The first kappa shape index (κ1) is 13.1. The lowest BCUT2D eigenvalue weighted by atomic mass is 10.4. The third kappa shape index (κ3) is 3.87. The van der Waals surface area contributed by atoms with Crippen LogP contribution in [0.25, 0.3) is 0 Å². The van der Waals surface area contributed by atoms with Crippen molar-refractivity contribution in [2.75, 3.05) is 5.75 Å². The molecule has 0 fully saturated rings. The lowest BCUT2D eigenvalue weighted by molar-refractivity contribution is 0.428. The molecule has 1 aromatic heterocycles. The zero-order valence-corrected chi connectivity index (χ0v) is 10.6. The Kier molecular flexibility index (Phi) is 4.00. The van der Waals surface area contributed by atoms with Gasteiger partial charge in [0.05, 0.1) is 17.2 Å². The summed E-state index contributed by atoms with van der Waals surface area (Å²) in [5.41, 5.74) is 5.17. The summed E-state index contributed by atoms with van der Waals surface area (Å²) in [5, 5.41) is 0. The summed E-state index contributed by atoms with van der Waals surface area (Å²) in [6.45, 7) is 3.36. The molecule has 90 valence electrons. The van der Waals surface area contributed by atoms with Gasteiger partial charge in [0, 0.05) is 0 Å². The number of nitrogens with one attached hydrogen (secondary N) is 1. The van der Waals surface area contributed by atoms with Gasteiger partial charge in [-0.05, 0) is 13.8 Å². The van der Waals surface area contributed by atoms with Gasteiger partial charge in [-0.3, -0.25) is 0 Å². The topological polar surface area (TPSA) is 98.2 Å². The molecule has 1 rings (SSSR count). The third-order valence-electron chi connectivity index (χ3n) is 1.70. The second kappa shape index (κ2) is 4.89. The fourth-order valence-electron chi connectivity index (χ4n) is 1.12. The molecule has 1 atom stereocenters. The van der Waals surface area contributed by atoms with Crippen LogP contribution in [0.15, 0.2) is 10.6 Å². The molecule has 0 amide bonds. The first-order valence-electron chi connectivity index (χ1n) is 4.51. The number of nitrogens with zero attached hydrogens (tertiary/aromatic N) is 1. The molecule has 0 saturated carbocycles. The van der Waals surface area contributed by atoms with E-state index in [1.165, 1.54) is 6.20 Å². The van der Waals surface area contributed by atoms with Gasteiger partial charge in [0.1, 0.15) is 11.5 Å². The fraction of sp³-hybridized carbons (Fsp3) is 0.500. The van der Waals surface area contributed by atoms with Crippen LogP contribution in [0.3, 0.4) is 0 Å². The van der Waals surface area contributed by atoms with Crippen LogP contribution >= 0.6 is 12.2 Å². The highest BCUT2D eigenvalue weighted by Gasteiger charge is 2.19. The smallest absolute Gasteiger partial charge is 0.218 e. The van der Waals surface area contributed by atoms with Gasteiger partial charge < -0.3 is 10.2 Å². The molecule has 0 aliphatic heterocycles. The predicted octanol–water partition coefficient (Wildman–Crippen LogP) is 0.250. The molecule has 3 N–H and O–H groups in total. The average Bonchev–Trinajstić information content (AvgIpc) is 2.47. The molecular weight excluding hydrogens is 250 g/mol. The van der Waals surface area contributed by atoms with Crippen LogP contribution in [0.2, 0.25) is 0 Å². The number of thiocarbonyl (C=S) groups is 1. The van der Waals surface area contributed by atoms with E-state index in [0.29, 0.717) is 11.7 Å². The number of oxazole rings is 1. The van der Waals surface area contributed by atoms with E-state index in [9.17, 15) is 8.42 Å². The molecule has 0 spiro atoms. The highest BCUT2D eigenvalue weighted by atomic mass is 32.2. The van der Waals surface area contributed by atoms with Crippen molar-refractivity contribution in [2.45, 2.75) is 19.9 Å². The molecule has 16 heavy (non-hydrogen) atoms. The Morgan fingerprint density at radius 2 is 2.38 bits per heavy atom. The van der Waals surface area contributed by atoms with E-state index in [1.54, 1.807) is 13.8 Å². The van der Waals surface area contributed by atoms with Crippen molar-refractivity contribution in [2.24, 2.45) is 5.73 Å². The summed E-state index contributed by atoms with van der Waals surface area (Å²) in [7, 11) is -3.54. The van der Waals surface area contributed by atoms with Crippen LogP contribution in [-0.4, -0.2) is 24.1 Å². The van der Waals surface area contributed by atoms with Gasteiger partial charge in [0.15, 0.2) is 0 Å². The molecule has 8 heteroatoms. The Bertz CT molecular complexity index is 480. The SMILES string of the molecule is Cc1cnc(C(C)NS(=O)(=O)CC(N)=S)o1. The quantitative estimate of drug-likeness (QED) is 0.739. The van der Waals surface area contributed by atoms with E-state index in [0.717, 1.165) is 0 Å². The molecule has 0 radical (unpaired) electrons. The van der Waals surface area contributed by atoms with Gasteiger partial charge in [-0.25, -0.2) is 18.1 Å². The minimum absolute atomic E-state index is 0.0803. The van der Waals surface area contributed by atoms with Crippen LogP contribution in [0.5, 0.6) is 0 Å². The number of sulfonamides is 1. The Morgan fingerprint density at radius 3 is 2.81 bits per heavy atom. The maximum absolute atomic E-state index is 11.5. The largest absolute Gasteiger partial charge is 0.444 e. The molecule has 6 nitrogen and oxygen atoms in total. The van der Waals surface area contributed by atoms with E-state index in [2.05, 4.69) is 21.9 Å². The monoisotopic (exact) mass is 263 g/mol. The van der Waals surface area contributed by atoms with Crippen molar-refractivity contribution in [3.63, 3.8) is 0 Å². The summed E-state index contributed by atoms with van der Waals surface area (Å²) in [4.78, 5) is 3.84. The molecule has 1 aromatic rings. The lowest BCUT2D eigenvalue weighted by Gasteiger charge is -2.10. The summed E-state index contributed by atoms with van der Waals surface area (Å²) >= 11 is 4.54. The van der Waals surface area contributed by atoms with Crippen molar-refractivity contribution < 1.29 is 12.8 Å². The number of nitrogens with two attached hydrogens (primary N) is 1. The fourth-order valence-corrected chi connectivity index (χ4v) is 2.68. The first-order valence-corrected chi connectivity index (χ1v) is 6.57. The molecular formula is C8H13N3O3S2. The van der Waals surface area contributed by atoms with Crippen LogP contribution in [0.4, 0.5) is 0 Å². The Balaban J connectivity index is 2.71. The molecule has 0 aliphatic carbocycles. The van der Waals surface area contributed by atoms with Crippen LogP contribution in [0, 0.1) is 6.92 Å². The number of aryl methyl sites for hydroxylation is 1. The maximum Gasteiger partial charge on any atom is 0.218 e. The molecule has 1 heterocycles. The standard InChI is InChI=1S/C8H13N3O3S2/c1-5-3-10-8(14-5)6(2)11-16(12,13)4-7(9)15/h3,6,11H,4H2,1-2H3,(H2,9,15). The Hall–Kier alpha value is -0.990. The van der Waals surface area contributed by atoms with Gasteiger partial charge in [-0.2, -0.15) is 0 Å². The van der Waals surface area contributed by atoms with Crippen molar-refractivity contribution >= 4 is 27.2 Å². The summed E-state index contributed by atoms with van der Waals surface area (Å²) in [6, 6.07) is -0.548. The molecule has 0 saturated heterocycles. The van der Waals surface area contributed by atoms with Crippen LogP contribution < -0.4 is 10.5 Å². The van der Waals surface area contributed by atoms with E-state index >= 15 is 0 Å². The summed E-state index contributed by atoms with van der Waals surface area (Å²) in [5.74, 6) is 0.547. The normalized spacial score (nSPS) is 13.6. The highest BCUT2D eigenvalue weighted by molar-refractivity contribution is 7.92. The summed E-state index contributed by atoms with van der Waals surface area (Å²) < 4.78 is 30.5. The Morgan fingerprint density at radius 1 is 1.75 bits per heavy atom. The van der Waals surface area contributed by atoms with Gasteiger partial charge in [0.25, 0.3) is 0 Å². The average molecular weight is 263 g/mol. The maximum atomic E-state index is 11.5. The Labute approximate surface area is 99.3 Å². The number of hydrogen-bond acceptors (Lipinski definition) is 5. The summed E-state index contributed by atoms with van der Waals surface area (Å²) in [6.07, 6.45) is 1.52. The van der Waals surface area contributed by atoms with Crippen molar-refractivity contribution in [1.29, 1.82) is 0 Å². The highest BCUT2D eigenvalue weighted by Crippen LogP contribution is 2.12. The zero-order valence-electron chi connectivity index (χ0n) is 8.93. The van der Waals surface area contributed by atoms with Crippen molar-refractivity contribution in [3.05, 3.63) is 17.8 Å². The molecule has 0 bridgehead atoms. The van der Waals surface area contributed by atoms with Crippen molar-refractivity contribution in [1.82, 2.24) is 9.71 Å². The number of hydrogen-bond donors (Lipinski definition) is 2. The van der Waals surface area contributed by atoms with Gasteiger partial charge in [0.2, 0.25) is 15.9 Å². The number of rotatable bonds is 5. The van der Waals surface area contributed by atoms with E-state index in [4.69, 9.17) is 10.2 Å². The van der Waals surface area contributed by atoms with E-state index < -0.39 is 16.1 Å². The van der Waals surface area contributed by atoms with Crippen LogP contribution in [-0.2, 0) is 10.0 Å². The predicted molar refractivity (Wildman–Crippen MR) is 63.4 cm³/mol. The molecule has 0 aliphatic rings. The van der Waals surface area contributed by atoms with E-state index in [1.807, 2.05) is 0 Å². The minimum atomic E-state index is -3.54. The van der Waals surface area contributed by atoms with E-state index in [-0.39, 0.29) is 10.7 Å². The lowest BCUT2D eigenvalue weighted by Crippen LogP contribution is -2.34. The molecule has 1 unspecified atom stereocenters. The van der Waals surface area contributed by atoms with Gasteiger partial charge in [-0.1, -0.05) is 12.2 Å². The van der Waals surface area contributed by atoms with Gasteiger partial charge >= 0.3 is 0 Å². The second-order valence-electron chi connectivity index (χ2n) is 3.37.